The van der Waals surface area contributed by atoms with E-state index in [1.54, 1.807) is 0 Å². The van der Waals surface area contributed by atoms with Crippen LogP contribution in [-0.2, 0) is 30.8 Å². The lowest BCUT2D eigenvalue weighted by molar-refractivity contribution is 0.429. The van der Waals surface area contributed by atoms with Gasteiger partial charge in [-0.2, -0.15) is 4.31 Å². The van der Waals surface area contributed by atoms with Gasteiger partial charge in [-0.1, -0.05) is 6.92 Å². The van der Waals surface area contributed by atoms with Crippen molar-refractivity contribution in [3.8, 4) is 0 Å². The predicted molar refractivity (Wildman–Crippen MR) is 93.2 cm³/mol. The Morgan fingerprint density at radius 2 is 1.58 bits per heavy atom. The van der Waals surface area contributed by atoms with Crippen molar-refractivity contribution in [3.63, 3.8) is 0 Å². The van der Waals surface area contributed by atoms with Gasteiger partial charge in [0.2, 0.25) is 20.0 Å². The molecule has 2 rings (SSSR count). The number of sulfonamides is 2. The second-order valence-corrected chi connectivity index (χ2v) is 11.9. The first-order valence-electron chi connectivity index (χ1n) is 7.46. The van der Waals surface area contributed by atoms with E-state index in [1.165, 1.54) is 42.7 Å². The molecule has 1 fully saturated rings. The zero-order valence-electron chi connectivity index (χ0n) is 13.9. The lowest BCUT2D eigenvalue weighted by Gasteiger charge is -2.20. The van der Waals surface area contributed by atoms with E-state index in [1.807, 2.05) is 6.92 Å². The summed E-state index contributed by atoms with van der Waals surface area (Å²) in [4.78, 5) is 0.0811. The second kappa shape index (κ2) is 7.20. The van der Waals surface area contributed by atoms with Crippen molar-refractivity contribution in [2.45, 2.75) is 28.4 Å². The molecular formula is C14H22N2O5S3. The van der Waals surface area contributed by atoms with Crippen LogP contribution in [0.25, 0.3) is 0 Å². The van der Waals surface area contributed by atoms with Crippen LogP contribution in [0, 0.1) is 0 Å². The molecule has 24 heavy (non-hydrogen) atoms. The van der Waals surface area contributed by atoms with Crippen LogP contribution in [0.3, 0.4) is 0 Å². The van der Waals surface area contributed by atoms with Crippen molar-refractivity contribution in [1.82, 2.24) is 8.61 Å². The molecule has 0 spiro atoms. The van der Waals surface area contributed by atoms with Crippen LogP contribution >= 0.6 is 0 Å². The average molecular weight is 395 g/mol. The normalized spacial score (nSPS) is 24.0. The SMILES string of the molecule is C[C@@H]1CCN(S(=O)(=O)c2ccc(S(=O)(=O)N(C)C)cc2)CC[S@@]1=O. The van der Waals surface area contributed by atoms with Gasteiger partial charge in [0.15, 0.2) is 0 Å². The molecule has 0 unspecified atom stereocenters. The minimum atomic E-state index is -3.72. The number of rotatable bonds is 4. The third-order valence-electron chi connectivity index (χ3n) is 4.02. The Balaban J connectivity index is 2.29. The van der Waals surface area contributed by atoms with E-state index in [2.05, 4.69) is 0 Å². The van der Waals surface area contributed by atoms with E-state index >= 15 is 0 Å². The topological polar surface area (TPSA) is 91.8 Å². The van der Waals surface area contributed by atoms with Crippen molar-refractivity contribution < 1.29 is 21.0 Å². The van der Waals surface area contributed by atoms with E-state index in [0.717, 1.165) is 4.31 Å². The molecule has 1 aliphatic heterocycles. The lowest BCUT2D eigenvalue weighted by atomic mass is 10.3. The Morgan fingerprint density at radius 3 is 2.12 bits per heavy atom. The molecule has 1 aliphatic rings. The summed E-state index contributed by atoms with van der Waals surface area (Å²) in [6.07, 6.45) is 0.541. The smallest absolute Gasteiger partial charge is 0.243 e. The number of hydrogen-bond acceptors (Lipinski definition) is 5. The molecule has 1 saturated heterocycles. The standard InChI is InChI=1S/C14H22N2O5S3/c1-12-8-9-16(10-11-22(12)17)24(20,21)14-6-4-13(5-7-14)23(18,19)15(2)3/h4-7,12H,8-11H2,1-3H3/t12-,22+/m1/s1. The van der Waals surface area contributed by atoms with Gasteiger partial charge in [-0.05, 0) is 30.7 Å². The molecular weight excluding hydrogens is 372 g/mol. The Labute approximate surface area is 146 Å². The van der Waals surface area contributed by atoms with Crippen LogP contribution in [0.4, 0.5) is 0 Å². The molecule has 0 aliphatic carbocycles. The summed E-state index contributed by atoms with van der Waals surface area (Å²) in [6.45, 7) is 2.37. The van der Waals surface area contributed by atoms with Gasteiger partial charge in [-0.25, -0.2) is 21.1 Å². The van der Waals surface area contributed by atoms with Gasteiger partial charge >= 0.3 is 0 Å². The highest BCUT2D eigenvalue weighted by molar-refractivity contribution is 7.89. The maximum absolute atomic E-state index is 12.7. The molecule has 1 aromatic carbocycles. The van der Waals surface area contributed by atoms with Crippen molar-refractivity contribution in [1.29, 1.82) is 0 Å². The number of benzene rings is 1. The van der Waals surface area contributed by atoms with E-state index in [0.29, 0.717) is 18.7 Å². The Hall–Kier alpha value is -0.810. The van der Waals surface area contributed by atoms with Gasteiger partial charge in [0.1, 0.15) is 0 Å². The molecule has 0 aromatic heterocycles. The molecule has 0 bridgehead atoms. The molecule has 0 N–H and O–H groups in total. The highest BCUT2D eigenvalue weighted by atomic mass is 32.2. The number of hydrogen-bond donors (Lipinski definition) is 0. The van der Waals surface area contributed by atoms with Gasteiger partial charge in [-0.15, -0.1) is 0 Å². The van der Waals surface area contributed by atoms with Crippen LogP contribution in [0.1, 0.15) is 13.3 Å². The minimum Gasteiger partial charge on any atom is -0.259 e. The van der Waals surface area contributed by atoms with Gasteiger partial charge in [0.25, 0.3) is 0 Å². The van der Waals surface area contributed by atoms with E-state index in [9.17, 15) is 21.0 Å². The summed E-state index contributed by atoms with van der Waals surface area (Å²) >= 11 is 0. The molecule has 1 heterocycles. The molecule has 0 amide bonds. The fourth-order valence-electron chi connectivity index (χ4n) is 2.35. The first-order chi connectivity index (χ1) is 11.1. The number of nitrogens with zero attached hydrogens (tertiary/aromatic N) is 2. The van der Waals surface area contributed by atoms with E-state index in [4.69, 9.17) is 0 Å². The van der Waals surface area contributed by atoms with Gasteiger partial charge < -0.3 is 0 Å². The molecule has 2 atom stereocenters. The van der Waals surface area contributed by atoms with Crippen LogP contribution in [0.15, 0.2) is 34.1 Å². The first-order valence-corrected chi connectivity index (χ1v) is 11.7. The maximum atomic E-state index is 12.7. The lowest BCUT2D eigenvalue weighted by Crippen LogP contribution is -2.33. The van der Waals surface area contributed by atoms with Crippen LogP contribution in [0.2, 0.25) is 0 Å². The molecule has 0 radical (unpaired) electrons. The molecule has 136 valence electrons. The van der Waals surface area contributed by atoms with Crippen molar-refractivity contribution >= 4 is 30.8 Å². The fourth-order valence-corrected chi connectivity index (χ4v) is 5.99. The summed E-state index contributed by atoms with van der Waals surface area (Å²) in [6, 6.07) is 5.19. The minimum absolute atomic E-state index is 0.0298. The van der Waals surface area contributed by atoms with Crippen molar-refractivity contribution in [2.75, 3.05) is 32.9 Å². The second-order valence-electron chi connectivity index (χ2n) is 5.85. The van der Waals surface area contributed by atoms with Crippen molar-refractivity contribution in [3.05, 3.63) is 24.3 Å². The summed E-state index contributed by atoms with van der Waals surface area (Å²) in [5.74, 6) is 0.313. The third-order valence-corrected chi connectivity index (χ3v) is 9.48. The largest absolute Gasteiger partial charge is 0.259 e. The Bertz CT molecular complexity index is 816. The quantitative estimate of drug-likeness (QED) is 0.740. The van der Waals surface area contributed by atoms with Crippen LogP contribution < -0.4 is 0 Å². The van der Waals surface area contributed by atoms with E-state index < -0.39 is 30.8 Å². The van der Waals surface area contributed by atoms with E-state index in [-0.39, 0.29) is 21.6 Å². The molecule has 0 saturated carbocycles. The zero-order valence-corrected chi connectivity index (χ0v) is 16.3. The zero-order chi connectivity index (χ0) is 18.1. The first kappa shape index (κ1) is 19.5. The summed E-state index contributed by atoms with van der Waals surface area (Å²) in [5, 5.41) is -0.0298. The maximum Gasteiger partial charge on any atom is 0.243 e. The Morgan fingerprint density at radius 1 is 1.04 bits per heavy atom. The summed E-state index contributed by atoms with van der Waals surface area (Å²) in [5.41, 5.74) is 0. The Kier molecular flexibility index (Phi) is 5.86. The van der Waals surface area contributed by atoms with Crippen molar-refractivity contribution in [2.24, 2.45) is 0 Å². The monoisotopic (exact) mass is 394 g/mol. The summed E-state index contributed by atoms with van der Waals surface area (Å²) < 4.78 is 63.8. The summed E-state index contributed by atoms with van der Waals surface area (Å²) in [7, 11) is -5.52. The van der Waals surface area contributed by atoms with Crippen LogP contribution in [-0.4, -0.2) is 67.8 Å². The molecule has 10 heteroatoms. The van der Waals surface area contributed by atoms with Gasteiger partial charge in [0.05, 0.1) is 9.79 Å². The predicted octanol–water partition coefficient (Wildman–Crippen LogP) is 0.469. The third kappa shape index (κ3) is 3.88. The highest BCUT2D eigenvalue weighted by Gasteiger charge is 2.29. The van der Waals surface area contributed by atoms with Gasteiger partial charge in [-0.3, -0.25) is 4.21 Å². The average Bonchev–Trinajstić information content (AvgIpc) is 2.70. The molecule has 1 aromatic rings. The molecule has 7 nitrogen and oxygen atoms in total. The fraction of sp³-hybridized carbons (Fsp3) is 0.571. The van der Waals surface area contributed by atoms with Crippen LogP contribution in [0.5, 0.6) is 0 Å². The highest BCUT2D eigenvalue weighted by Crippen LogP contribution is 2.22. The van der Waals surface area contributed by atoms with Gasteiger partial charge in [0, 0.05) is 49.0 Å².